The lowest BCUT2D eigenvalue weighted by molar-refractivity contribution is -0.138. The van der Waals surface area contributed by atoms with Gasteiger partial charge in [-0.05, 0) is 48.9 Å². The van der Waals surface area contributed by atoms with Crippen LogP contribution in [0.3, 0.4) is 0 Å². The second-order valence-corrected chi connectivity index (χ2v) is 9.83. The standard InChI is InChI=1S/C29H33NO5/c1-6-34-28(32)25-18(2)30-21-15-29(3,4)16-22(31)27(21)26(25)20-12-13-23(33-5)24(14-20)35-17-19-10-8-7-9-11-19/h7-14,26,30H,6,15-17H2,1-5H3/t26-/m0/s1. The van der Waals surface area contributed by atoms with Crippen LogP contribution < -0.4 is 14.8 Å². The van der Waals surface area contributed by atoms with Crippen molar-refractivity contribution in [3.8, 4) is 11.5 Å². The molecule has 6 heteroatoms. The Kier molecular flexibility index (Phi) is 7.01. The second-order valence-electron chi connectivity index (χ2n) is 9.83. The molecule has 0 saturated heterocycles. The van der Waals surface area contributed by atoms with Crippen molar-refractivity contribution in [3.63, 3.8) is 0 Å². The summed E-state index contributed by atoms with van der Waals surface area (Å²) < 4.78 is 17.1. The molecule has 6 nitrogen and oxygen atoms in total. The van der Waals surface area contributed by atoms with Gasteiger partial charge in [0.05, 0.1) is 19.3 Å². The molecule has 2 aliphatic rings. The average molecular weight is 476 g/mol. The molecule has 1 aliphatic heterocycles. The number of esters is 1. The quantitative estimate of drug-likeness (QED) is 0.538. The number of hydrogen-bond donors (Lipinski definition) is 1. The molecule has 1 N–H and O–H groups in total. The van der Waals surface area contributed by atoms with Gasteiger partial charge < -0.3 is 19.5 Å². The first kappa shape index (κ1) is 24.6. The SMILES string of the molecule is CCOC(=O)C1=C(C)NC2=C(C(=O)CC(C)(C)C2)[C@H]1c1ccc(OC)c(OCc2ccccc2)c1. The van der Waals surface area contributed by atoms with Crippen LogP contribution in [-0.4, -0.2) is 25.5 Å². The summed E-state index contributed by atoms with van der Waals surface area (Å²) in [4.78, 5) is 26.6. The van der Waals surface area contributed by atoms with Gasteiger partial charge in [-0.15, -0.1) is 0 Å². The summed E-state index contributed by atoms with van der Waals surface area (Å²) in [5.74, 6) is 0.222. The molecule has 0 unspecified atom stereocenters. The number of dihydropyridines is 1. The van der Waals surface area contributed by atoms with E-state index >= 15 is 0 Å². The van der Waals surface area contributed by atoms with Crippen molar-refractivity contribution < 1.29 is 23.8 Å². The first-order valence-electron chi connectivity index (χ1n) is 12.0. The zero-order valence-electron chi connectivity index (χ0n) is 21.1. The van der Waals surface area contributed by atoms with Gasteiger partial charge in [0.1, 0.15) is 6.61 Å². The number of ether oxygens (including phenoxy) is 3. The van der Waals surface area contributed by atoms with E-state index < -0.39 is 11.9 Å². The van der Waals surface area contributed by atoms with E-state index in [9.17, 15) is 9.59 Å². The number of hydrogen-bond acceptors (Lipinski definition) is 6. The van der Waals surface area contributed by atoms with Gasteiger partial charge in [0.25, 0.3) is 0 Å². The average Bonchev–Trinajstić information content (AvgIpc) is 2.81. The van der Waals surface area contributed by atoms with Gasteiger partial charge in [0.15, 0.2) is 17.3 Å². The highest BCUT2D eigenvalue weighted by Gasteiger charge is 2.43. The maximum atomic E-state index is 13.5. The molecule has 0 amide bonds. The summed E-state index contributed by atoms with van der Waals surface area (Å²) in [7, 11) is 1.59. The number of nitrogens with one attached hydrogen (secondary N) is 1. The van der Waals surface area contributed by atoms with E-state index in [2.05, 4.69) is 19.2 Å². The van der Waals surface area contributed by atoms with E-state index in [1.165, 1.54) is 0 Å². The molecule has 0 spiro atoms. The minimum absolute atomic E-state index is 0.0469. The third-order valence-electron chi connectivity index (χ3n) is 6.49. The second kappa shape index (κ2) is 9.98. The lowest BCUT2D eigenvalue weighted by Gasteiger charge is -2.39. The molecule has 0 fully saturated rings. The first-order valence-corrected chi connectivity index (χ1v) is 12.0. The number of methoxy groups -OCH3 is 1. The fraction of sp³-hybridized carbons (Fsp3) is 0.379. The number of benzene rings is 2. The Labute approximate surface area is 207 Å². The molecule has 184 valence electrons. The number of Topliss-reactive ketones (excluding diaryl/α,β-unsaturated/α-hetero) is 1. The molecule has 0 aromatic heterocycles. The first-order chi connectivity index (χ1) is 16.7. The van der Waals surface area contributed by atoms with Gasteiger partial charge in [0, 0.05) is 29.3 Å². The molecule has 1 atom stereocenters. The van der Waals surface area contributed by atoms with Crippen LogP contribution in [-0.2, 0) is 20.9 Å². The molecule has 0 saturated carbocycles. The summed E-state index contributed by atoms with van der Waals surface area (Å²) in [5.41, 5.74) is 4.34. The van der Waals surface area contributed by atoms with Crippen LogP contribution in [0.15, 0.2) is 71.1 Å². The predicted molar refractivity (Wildman–Crippen MR) is 134 cm³/mol. The van der Waals surface area contributed by atoms with Gasteiger partial charge in [-0.3, -0.25) is 4.79 Å². The Balaban J connectivity index is 1.80. The Morgan fingerprint density at radius 1 is 1.09 bits per heavy atom. The van der Waals surface area contributed by atoms with E-state index in [1.54, 1.807) is 14.0 Å². The molecule has 2 aromatic rings. The van der Waals surface area contributed by atoms with E-state index in [1.807, 2.05) is 55.5 Å². The van der Waals surface area contributed by atoms with E-state index in [0.717, 1.165) is 23.2 Å². The molecule has 0 radical (unpaired) electrons. The fourth-order valence-electron chi connectivity index (χ4n) is 4.97. The van der Waals surface area contributed by atoms with Gasteiger partial charge in [0.2, 0.25) is 0 Å². The number of ketones is 1. The van der Waals surface area contributed by atoms with Crippen molar-refractivity contribution in [1.29, 1.82) is 0 Å². The van der Waals surface area contributed by atoms with Gasteiger partial charge in [-0.25, -0.2) is 4.79 Å². The summed E-state index contributed by atoms with van der Waals surface area (Å²) in [6.45, 7) is 8.45. The minimum Gasteiger partial charge on any atom is -0.493 e. The fourth-order valence-corrected chi connectivity index (χ4v) is 4.97. The number of allylic oxidation sites excluding steroid dienone is 3. The molecule has 4 rings (SSSR count). The highest BCUT2D eigenvalue weighted by Crippen LogP contribution is 2.48. The van der Waals surface area contributed by atoms with E-state index in [0.29, 0.717) is 41.4 Å². The van der Waals surface area contributed by atoms with Crippen LogP contribution in [0.4, 0.5) is 0 Å². The van der Waals surface area contributed by atoms with Crippen LogP contribution in [0.5, 0.6) is 11.5 Å². The summed E-state index contributed by atoms with van der Waals surface area (Å²) >= 11 is 0. The number of rotatable bonds is 7. The van der Waals surface area contributed by atoms with E-state index in [4.69, 9.17) is 14.2 Å². The van der Waals surface area contributed by atoms with Crippen LogP contribution in [0, 0.1) is 5.41 Å². The molecular formula is C29H33NO5. The normalized spacial score (nSPS) is 19.1. The van der Waals surface area contributed by atoms with Gasteiger partial charge in [-0.2, -0.15) is 0 Å². The Morgan fingerprint density at radius 3 is 2.51 bits per heavy atom. The third kappa shape index (κ3) is 5.11. The maximum Gasteiger partial charge on any atom is 0.336 e. The highest BCUT2D eigenvalue weighted by molar-refractivity contribution is 6.04. The Morgan fingerprint density at radius 2 is 1.83 bits per heavy atom. The van der Waals surface area contributed by atoms with Crippen LogP contribution in [0.25, 0.3) is 0 Å². The Hall–Kier alpha value is -3.54. The zero-order valence-corrected chi connectivity index (χ0v) is 21.1. The molecule has 2 aromatic carbocycles. The number of carbonyl (C=O) groups excluding carboxylic acids is 2. The highest BCUT2D eigenvalue weighted by atomic mass is 16.5. The minimum atomic E-state index is -0.543. The van der Waals surface area contributed by atoms with Crippen molar-refractivity contribution >= 4 is 11.8 Å². The van der Waals surface area contributed by atoms with Crippen LogP contribution >= 0.6 is 0 Å². The Bertz CT molecular complexity index is 1190. The van der Waals surface area contributed by atoms with Crippen LogP contribution in [0.1, 0.15) is 57.6 Å². The topological polar surface area (TPSA) is 73.9 Å². The van der Waals surface area contributed by atoms with Gasteiger partial charge in [-0.1, -0.05) is 50.2 Å². The van der Waals surface area contributed by atoms with Crippen molar-refractivity contribution in [1.82, 2.24) is 5.32 Å². The molecule has 0 bridgehead atoms. The van der Waals surface area contributed by atoms with Crippen molar-refractivity contribution in [2.75, 3.05) is 13.7 Å². The predicted octanol–water partition coefficient (Wildman–Crippen LogP) is 5.44. The lowest BCUT2D eigenvalue weighted by atomic mass is 9.68. The zero-order chi connectivity index (χ0) is 25.2. The van der Waals surface area contributed by atoms with E-state index in [-0.39, 0.29) is 17.8 Å². The molecular weight excluding hydrogens is 442 g/mol. The van der Waals surface area contributed by atoms with Crippen LogP contribution in [0.2, 0.25) is 0 Å². The summed E-state index contributed by atoms with van der Waals surface area (Å²) in [5, 5.41) is 3.36. The smallest absolute Gasteiger partial charge is 0.336 e. The maximum absolute atomic E-state index is 13.5. The van der Waals surface area contributed by atoms with Crippen molar-refractivity contribution in [3.05, 3.63) is 82.2 Å². The van der Waals surface area contributed by atoms with Crippen molar-refractivity contribution in [2.45, 2.75) is 53.1 Å². The lowest BCUT2D eigenvalue weighted by Crippen LogP contribution is -2.38. The largest absolute Gasteiger partial charge is 0.493 e. The monoisotopic (exact) mass is 475 g/mol. The number of carbonyl (C=O) groups is 2. The molecule has 1 aliphatic carbocycles. The molecule has 35 heavy (non-hydrogen) atoms. The third-order valence-corrected chi connectivity index (χ3v) is 6.49. The summed E-state index contributed by atoms with van der Waals surface area (Å²) in [6.07, 6.45) is 1.15. The molecule has 1 heterocycles. The van der Waals surface area contributed by atoms with Gasteiger partial charge >= 0.3 is 5.97 Å². The summed E-state index contributed by atoms with van der Waals surface area (Å²) in [6, 6.07) is 15.5. The van der Waals surface area contributed by atoms with Crippen molar-refractivity contribution in [2.24, 2.45) is 5.41 Å².